The van der Waals surface area contributed by atoms with Crippen LogP contribution in [0.5, 0.6) is 17.2 Å². The lowest BCUT2D eigenvalue weighted by atomic mass is 10.0. The van der Waals surface area contributed by atoms with Gasteiger partial charge in [0.25, 0.3) is 5.69 Å². The van der Waals surface area contributed by atoms with Gasteiger partial charge < -0.3 is 14.6 Å². The summed E-state index contributed by atoms with van der Waals surface area (Å²) in [5.41, 5.74) is 2.39. The zero-order chi connectivity index (χ0) is 21.6. The number of carbonyl (C=O) groups is 1. The highest BCUT2D eigenvalue weighted by Gasteiger charge is 2.16. The molecule has 0 radical (unpaired) electrons. The number of Topliss-reactive ketones (excluding diaryl/α,β-unsaturated/α-hetero) is 1. The molecule has 0 aliphatic heterocycles. The molecule has 2 aromatic rings. The molecule has 0 aliphatic rings. The summed E-state index contributed by atoms with van der Waals surface area (Å²) >= 11 is 0. The number of aryl methyl sites for hydroxylation is 2. The highest BCUT2D eigenvalue weighted by Crippen LogP contribution is 2.33. The van der Waals surface area contributed by atoms with Gasteiger partial charge in [-0.2, -0.15) is 0 Å². The average Bonchev–Trinajstić information content (AvgIpc) is 2.64. The van der Waals surface area contributed by atoms with Gasteiger partial charge in [0.2, 0.25) is 0 Å². The highest BCUT2D eigenvalue weighted by atomic mass is 16.6. The van der Waals surface area contributed by atoms with E-state index >= 15 is 0 Å². The number of ether oxygens (including phenoxy) is 2. The molecule has 7 nitrogen and oxygen atoms in total. The Morgan fingerprint density at radius 2 is 1.76 bits per heavy atom. The minimum atomic E-state index is -0.419. The number of aromatic hydroxyl groups is 1. The van der Waals surface area contributed by atoms with Crippen molar-refractivity contribution in [1.29, 1.82) is 0 Å². The Balaban J connectivity index is 1.98. The molecular formula is C22H27NO6. The molecule has 0 heterocycles. The van der Waals surface area contributed by atoms with Gasteiger partial charge in [-0.25, -0.2) is 0 Å². The van der Waals surface area contributed by atoms with Crippen LogP contribution in [-0.2, 0) is 6.42 Å². The molecule has 0 fully saturated rings. The van der Waals surface area contributed by atoms with Gasteiger partial charge in [0.1, 0.15) is 17.2 Å². The smallest absolute Gasteiger partial charge is 0.276 e. The number of phenolic OH excluding ortho intramolecular Hbond substituents is 1. The minimum absolute atomic E-state index is 0.0179. The molecule has 2 rings (SSSR count). The van der Waals surface area contributed by atoms with Crippen molar-refractivity contribution >= 4 is 11.5 Å². The van der Waals surface area contributed by atoms with Gasteiger partial charge in [0, 0.05) is 17.5 Å². The maximum Gasteiger partial charge on any atom is 0.276 e. The molecule has 0 saturated heterocycles. The second-order valence-electron chi connectivity index (χ2n) is 6.96. The summed E-state index contributed by atoms with van der Waals surface area (Å²) < 4.78 is 11.5. The Bertz CT molecular complexity index is 907. The molecule has 29 heavy (non-hydrogen) atoms. The van der Waals surface area contributed by atoms with E-state index in [2.05, 4.69) is 0 Å². The van der Waals surface area contributed by atoms with Gasteiger partial charge in [-0.1, -0.05) is 13.3 Å². The number of nitro benzene ring substituents is 1. The van der Waals surface area contributed by atoms with Gasteiger partial charge in [-0.3, -0.25) is 14.9 Å². The molecule has 1 N–H and O–H groups in total. The first-order valence-corrected chi connectivity index (χ1v) is 9.63. The third-order valence-corrected chi connectivity index (χ3v) is 4.61. The maximum absolute atomic E-state index is 11.6. The lowest BCUT2D eigenvalue weighted by molar-refractivity contribution is -0.385. The molecular weight excluding hydrogens is 374 g/mol. The Morgan fingerprint density at radius 1 is 1.10 bits per heavy atom. The van der Waals surface area contributed by atoms with E-state index in [1.54, 1.807) is 25.1 Å². The van der Waals surface area contributed by atoms with Crippen molar-refractivity contribution in [1.82, 2.24) is 0 Å². The SMILES string of the molecule is CCCc1c(OCCCOc2cc([N+](=O)[O-])c(C)cc2C)ccc(C(C)=O)c1O. The zero-order valence-corrected chi connectivity index (χ0v) is 17.3. The monoisotopic (exact) mass is 401 g/mol. The van der Waals surface area contributed by atoms with Gasteiger partial charge in [-0.15, -0.1) is 0 Å². The van der Waals surface area contributed by atoms with Crippen LogP contribution in [-0.4, -0.2) is 29.0 Å². The fraction of sp³-hybridized carbons (Fsp3) is 0.409. The topological polar surface area (TPSA) is 98.9 Å². The summed E-state index contributed by atoms with van der Waals surface area (Å²) in [6, 6.07) is 6.46. The van der Waals surface area contributed by atoms with Crippen molar-refractivity contribution in [2.45, 2.75) is 47.0 Å². The normalized spacial score (nSPS) is 10.6. The number of nitro groups is 1. The number of nitrogens with zero attached hydrogens (tertiary/aromatic N) is 1. The van der Waals surface area contributed by atoms with Crippen LogP contribution in [0.25, 0.3) is 0 Å². The van der Waals surface area contributed by atoms with Crippen LogP contribution in [0.15, 0.2) is 24.3 Å². The van der Waals surface area contributed by atoms with Crippen molar-refractivity contribution in [2.24, 2.45) is 0 Å². The summed E-state index contributed by atoms with van der Waals surface area (Å²) in [4.78, 5) is 22.3. The van der Waals surface area contributed by atoms with Gasteiger partial charge >= 0.3 is 0 Å². The van der Waals surface area contributed by atoms with E-state index < -0.39 is 4.92 Å². The number of benzene rings is 2. The van der Waals surface area contributed by atoms with Gasteiger partial charge in [0.05, 0.1) is 29.8 Å². The number of carbonyl (C=O) groups excluding carboxylic acids is 1. The van der Waals surface area contributed by atoms with Crippen LogP contribution < -0.4 is 9.47 Å². The predicted molar refractivity (Wildman–Crippen MR) is 110 cm³/mol. The molecule has 0 spiro atoms. The highest BCUT2D eigenvalue weighted by molar-refractivity contribution is 5.97. The Kier molecular flexibility index (Phi) is 7.59. The lowest BCUT2D eigenvalue weighted by Gasteiger charge is -2.15. The summed E-state index contributed by atoms with van der Waals surface area (Å²) in [7, 11) is 0. The molecule has 0 aromatic heterocycles. The van der Waals surface area contributed by atoms with Crippen LogP contribution in [0.1, 0.15) is 53.7 Å². The number of hydrogen-bond donors (Lipinski definition) is 1. The van der Waals surface area contributed by atoms with E-state index in [1.807, 2.05) is 13.8 Å². The molecule has 0 unspecified atom stereocenters. The lowest BCUT2D eigenvalue weighted by Crippen LogP contribution is -2.08. The fourth-order valence-electron chi connectivity index (χ4n) is 3.13. The predicted octanol–water partition coefficient (Wildman–Crippen LogP) is 4.92. The molecule has 0 saturated carbocycles. The standard InChI is InChI=1S/C22H27NO6/c1-5-7-18-20(9-8-17(16(4)24)22(18)25)28-10-6-11-29-21-13-19(23(26)27)14(2)12-15(21)3/h8-9,12-13,25H,5-7,10-11H2,1-4H3. The van der Waals surface area contributed by atoms with Crippen LogP contribution in [0.2, 0.25) is 0 Å². The maximum atomic E-state index is 11.6. The number of ketones is 1. The molecule has 0 atom stereocenters. The summed E-state index contributed by atoms with van der Waals surface area (Å²) in [6.07, 6.45) is 1.97. The second-order valence-corrected chi connectivity index (χ2v) is 6.96. The first kappa shape index (κ1) is 22.2. The number of rotatable bonds is 10. The van der Waals surface area contributed by atoms with Crippen LogP contribution >= 0.6 is 0 Å². The molecule has 0 bridgehead atoms. The van der Waals surface area contributed by atoms with Crippen LogP contribution in [0, 0.1) is 24.0 Å². The first-order chi connectivity index (χ1) is 13.8. The van der Waals surface area contributed by atoms with Gasteiger partial charge in [-0.05, 0) is 51.0 Å². The number of phenols is 1. The Hall–Kier alpha value is -3.09. The van der Waals surface area contributed by atoms with Crippen LogP contribution in [0.4, 0.5) is 5.69 Å². The summed E-state index contributed by atoms with van der Waals surface area (Å²) in [6.45, 7) is 7.63. The quantitative estimate of drug-likeness (QED) is 0.263. The van der Waals surface area contributed by atoms with E-state index in [0.29, 0.717) is 54.2 Å². The van der Waals surface area contributed by atoms with Crippen molar-refractivity contribution in [3.05, 3.63) is 56.6 Å². The molecule has 7 heteroatoms. The zero-order valence-electron chi connectivity index (χ0n) is 17.3. The second kappa shape index (κ2) is 9.91. The summed E-state index contributed by atoms with van der Waals surface area (Å²) in [5, 5.41) is 21.5. The Labute approximate surface area is 170 Å². The Morgan fingerprint density at radius 3 is 2.34 bits per heavy atom. The van der Waals surface area contributed by atoms with E-state index in [9.17, 15) is 20.0 Å². The third kappa shape index (κ3) is 5.47. The van der Waals surface area contributed by atoms with E-state index in [4.69, 9.17) is 9.47 Å². The molecule has 0 aliphatic carbocycles. The summed E-state index contributed by atoms with van der Waals surface area (Å²) in [5.74, 6) is 0.826. The molecule has 156 valence electrons. The first-order valence-electron chi connectivity index (χ1n) is 9.63. The average molecular weight is 401 g/mol. The van der Waals surface area contributed by atoms with E-state index in [1.165, 1.54) is 13.0 Å². The minimum Gasteiger partial charge on any atom is -0.507 e. The van der Waals surface area contributed by atoms with Crippen molar-refractivity contribution < 1.29 is 24.3 Å². The van der Waals surface area contributed by atoms with Gasteiger partial charge in [0.15, 0.2) is 5.78 Å². The van der Waals surface area contributed by atoms with E-state index in [0.717, 1.165) is 12.0 Å². The third-order valence-electron chi connectivity index (χ3n) is 4.61. The van der Waals surface area contributed by atoms with Crippen molar-refractivity contribution in [3.63, 3.8) is 0 Å². The molecule has 2 aromatic carbocycles. The van der Waals surface area contributed by atoms with Crippen molar-refractivity contribution in [3.8, 4) is 17.2 Å². The fourth-order valence-corrected chi connectivity index (χ4v) is 3.13. The van der Waals surface area contributed by atoms with E-state index in [-0.39, 0.29) is 17.2 Å². The number of hydrogen-bond acceptors (Lipinski definition) is 6. The van der Waals surface area contributed by atoms with Crippen LogP contribution in [0.3, 0.4) is 0 Å². The largest absolute Gasteiger partial charge is 0.507 e. The molecule has 0 amide bonds. The van der Waals surface area contributed by atoms with Crippen molar-refractivity contribution in [2.75, 3.05) is 13.2 Å².